The number of rotatable bonds is 5. The third-order valence-electron chi connectivity index (χ3n) is 5.72. The van der Waals surface area contributed by atoms with Crippen molar-refractivity contribution in [1.82, 2.24) is 9.80 Å². The highest BCUT2D eigenvalue weighted by Crippen LogP contribution is 2.29. The summed E-state index contributed by atoms with van der Waals surface area (Å²) >= 11 is 0. The summed E-state index contributed by atoms with van der Waals surface area (Å²) < 4.78 is 10.8. The molecule has 0 radical (unpaired) electrons. The van der Waals surface area contributed by atoms with Gasteiger partial charge in [-0.15, -0.1) is 0 Å². The summed E-state index contributed by atoms with van der Waals surface area (Å²) in [5.74, 6) is 2.69. The number of piperazine rings is 1. The monoisotopic (exact) mass is 332 g/mol. The van der Waals surface area contributed by atoms with Gasteiger partial charge in [-0.1, -0.05) is 25.8 Å². The number of nitrogens with zero attached hydrogens (tertiary/aromatic N) is 2. The summed E-state index contributed by atoms with van der Waals surface area (Å²) in [4.78, 5) is 5.28. The van der Waals surface area contributed by atoms with E-state index in [1.54, 1.807) is 14.2 Å². The van der Waals surface area contributed by atoms with Crippen molar-refractivity contribution in [2.45, 2.75) is 45.2 Å². The van der Waals surface area contributed by atoms with E-state index in [-0.39, 0.29) is 0 Å². The molecule has 2 fully saturated rings. The number of hydrogen-bond acceptors (Lipinski definition) is 4. The lowest BCUT2D eigenvalue weighted by atomic mass is 9.86. The van der Waals surface area contributed by atoms with E-state index < -0.39 is 0 Å². The molecule has 0 amide bonds. The van der Waals surface area contributed by atoms with E-state index in [1.165, 1.54) is 44.3 Å². The van der Waals surface area contributed by atoms with Gasteiger partial charge in [0.2, 0.25) is 0 Å². The van der Waals surface area contributed by atoms with Gasteiger partial charge in [0.05, 0.1) is 14.2 Å². The Kier molecular flexibility index (Phi) is 6.01. The zero-order valence-corrected chi connectivity index (χ0v) is 15.5. The Balaban J connectivity index is 1.54. The molecule has 0 bridgehead atoms. The molecule has 0 unspecified atom stereocenters. The number of hydrogen-bond donors (Lipinski definition) is 0. The average molecular weight is 332 g/mol. The topological polar surface area (TPSA) is 24.9 Å². The zero-order valence-electron chi connectivity index (χ0n) is 15.5. The molecule has 1 heterocycles. The van der Waals surface area contributed by atoms with Gasteiger partial charge in [-0.2, -0.15) is 0 Å². The highest BCUT2D eigenvalue weighted by Gasteiger charge is 2.27. The molecule has 2 aliphatic rings. The molecule has 1 aliphatic carbocycles. The molecule has 2 atom stereocenters. The van der Waals surface area contributed by atoms with Crippen LogP contribution in [0.2, 0.25) is 0 Å². The minimum atomic E-state index is 0.825. The third-order valence-corrected chi connectivity index (χ3v) is 5.72. The van der Waals surface area contributed by atoms with Crippen LogP contribution >= 0.6 is 0 Å². The first kappa shape index (κ1) is 17.6. The van der Waals surface area contributed by atoms with Gasteiger partial charge in [0.1, 0.15) is 11.5 Å². The molecule has 134 valence electrons. The van der Waals surface area contributed by atoms with Crippen LogP contribution in [0, 0.1) is 5.92 Å². The van der Waals surface area contributed by atoms with Crippen molar-refractivity contribution < 1.29 is 9.47 Å². The Morgan fingerprint density at radius 2 is 1.83 bits per heavy atom. The van der Waals surface area contributed by atoms with Crippen molar-refractivity contribution >= 4 is 0 Å². The SMILES string of the molecule is COc1ccc(CN2CCN([C@H]3CCC[C@H](C)C3)CC2)c(OC)c1. The van der Waals surface area contributed by atoms with Crippen molar-refractivity contribution in [3.8, 4) is 11.5 Å². The molecule has 1 saturated carbocycles. The molecule has 1 saturated heterocycles. The summed E-state index contributed by atoms with van der Waals surface area (Å²) in [6.45, 7) is 8.09. The van der Waals surface area contributed by atoms with Crippen LogP contribution in [0.5, 0.6) is 11.5 Å². The largest absolute Gasteiger partial charge is 0.497 e. The van der Waals surface area contributed by atoms with Crippen LogP contribution in [0.25, 0.3) is 0 Å². The summed E-state index contributed by atoms with van der Waals surface area (Å²) in [6, 6.07) is 6.96. The van der Waals surface area contributed by atoms with Crippen LogP contribution in [-0.4, -0.2) is 56.2 Å². The molecule has 1 aromatic rings. The lowest BCUT2D eigenvalue weighted by Gasteiger charge is -2.42. The van der Waals surface area contributed by atoms with Gasteiger partial charge in [0.25, 0.3) is 0 Å². The van der Waals surface area contributed by atoms with Gasteiger partial charge >= 0.3 is 0 Å². The van der Waals surface area contributed by atoms with E-state index >= 15 is 0 Å². The Labute approximate surface area is 146 Å². The second-order valence-electron chi connectivity index (χ2n) is 7.42. The van der Waals surface area contributed by atoms with E-state index in [0.29, 0.717) is 0 Å². The summed E-state index contributed by atoms with van der Waals surface area (Å²) in [5, 5.41) is 0. The molecule has 0 spiro atoms. The highest BCUT2D eigenvalue weighted by atomic mass is 16.5. The quantitative estimate of drug-likeness (QED) is 0.825. The fourth-order valence-electron chi connectivity index (χ4n) is 4.24. The second kappa shape index (κ2) is 8.21. The number of methoxy groups -OCH3 is 2. The molecule has 1 aromatic carbocycles. The van der Waals surface area contributed by atoms with E-state index in [1.807, 2.05) is 12.1 Å². The van der Waals surface area contributed by atoms with E-state index in [0.717, 1.165) is 43.1 Å². The van der Waals surface area contributed by atoms with E-state index in [4.69, 9.17) is 9.47 Å². The Bertz CT molecular complexity index is 526. The molecule has 0 N–H and O–H groups in total. The normalized spacial score (nSPS) is 26.3. The molecule has 3 rings (SSSR count). The Morgan fingerprint density at radius 1 is 1.04 bits per heavy atom. The maximum atomic E-state index is 5.54. The van der Waals surface area contributed by atoms with Gasteiger partial charge in [0, 0.05) is 50.4 Å². The maximum Gasteiger partial charge on any atom is 0.127 e. The molecule has 4 nitrogen and oxygen atoms in total. The molecule has 1 aliphatic heterocycles. The van der Waals surface area contributed by atoms with Gasteiger partial charge in [-0.3, -0.25) is 9.80 Å². The fourth-order valence-corrected chi connectivity index (χ4v) is 4.24. The lowest BCUT2D eigenvalue weighted by molar-refractivity contribution is 0.0656. The van der Waals surface area contributed by atoms with E-state index in [2.05, 4.69) is 22.8 Å². The van der Waals surface area contributed by atoms with Crippen molar-refractivity contribution in [1.29, 1.82) is 0 Å². The first-order chi connectivity index (χ1) is 11.7. The van der Waals surface area contributed by atoms with Crippen LogP contribution in [0.4, 0.5) is 0 Å². The van der Waals surface area contributed by atoms with Crippen molar-refractivity contribution in [2.75, 3.05) is 40.4 Å². The summed E-state index contributed by atoms with van der Waals surface area (Å²) in [7, 11) is 3.43. The van der Waals surface area contributed by atoms with Crippen LogP contribution < -0.4 is 9.47 Å². The van der Waals surface area contributed by atoms with Crippen molar-refractivity contribution in [2.24, 2.45) is 5.92 Å². The lowest BCUT2D eigenvalue weighted by Crippen LogP contribution is -2.50. The Hall–Kier alpha value is -1.26. The predicted octanol–water partition coefficient (Wildman–Crippen LogP) is 3.40. The van der Waals surface area contributed by atoms with Gasteiger partial charge in [0.15, 0.2) is 0 Å². The summed E-state index contributed by atoms with van der Waals surface area (Å²) in [5.41, 5.74) is 1.25. The number of benzene rings is 1. The fraction of sp³-hybridized carbons (Fsp3) is 0.700. The van der Waals surface area contributed by atoms with Crippen LogP contribution in [0.1, 0.15) is 38.2 Å². The molecular formula is C20H32N2O2. The molecular weight excluding hydrogens is 300 g/mol. The van der Waals surface area contributed by atoms with Crippen LogP contribution in [0.15, 0.2) is 18.2 Å². The molecule has 0 aromatic heterocycles. The van der Waals surface area contributed by atoms with Crippen molar-refractivity contribution in [3.05, 3.63) is 23.8 Å². The first-order valence-electron chi connectivity index (χ1n) is 9.37. The van der Waals surface area contributed by atoms with Gasteiger partial charge in [-0.05, 0) is 24.8 Å². The minimum absolute atomic E-state index is 0.825. The minimum Gasteiger partial charge on any atom is -0.497 e. The third kappa shape index (κ3) is 4.22. The number of ether oxygens (including phenoxy) is 2. The zero-order chi connectivity index (χ0) is 16.9. The maximum absolute atomic E-state index is 5.54. The van der Waals surface area contributed by atoms with Gasteiger partial charge < -0.3 is 9.47 Å². The highest BCUT2D eigenvalue weighted by molar-refractivity contribution is 5.40. The molecule has 24 heavy (non-hydrogen) atoms. The Morgan fingerprint density at radius 3 is 2.50 bits per heavy atom. The predicted molar refractivity (Wildman–Crippen MR) is 97.8 cm³/mol. The second-order valence-corrected chi connectivity index (χ2v) is 7.42. The molecule has 4 heteroatoms. The summed E-state index contributed by atoms with van der Waals surface area (Å²) in [6.07, 6.45) is 5.63. The average Bonchev–Trinajstić information content (AvgIpc) is 2.62. The standard InChI is InChI=1S/C20H32N2O2/c1-16-5-4-6-18(13-16)22-11-9-21(10-12-22)15-17-7-8-19(23-2)14-20(17)24-3/h7-8,14,16,18H,4-6,9-13,15H2,1-3H3/t16-,18-/m0/s1. The first-order valence-corrected chi connectivity index (χ1v) is 9.37. The smallest absolute Gasteiger partial charge is 0.127 e. The van der Waals surface area contributed by atoms with E-state index in [9.17, 15) is 0 Å². The van der Waals surface area contributed by atoms with Crippen molar-refractivity contribution in [3.63, 3.8) is 0 Å². The van der Waals surface area contributed by atoms with Crippen LogP contribution in [0.3, 0.4) is 0 Å². The van der Waals surface area contributed by atoms with Gasteiger partial charge in [-0.25, -0.2) is 0 Å². The van der Waals surface area contributed by atoms with Crippen LogP contribution in [-0.2, 0) is 6.54 Å².